The molecule has 138 valence electrons. The van der Waals surface area contributed by atoms with Crippen LogP contribution in [0.5, 0.6) is 5.75 Å². The fourth-order valence-corrected chi connectivity index (χ4v) is 2.10. The van der Waals surface area contributed by atoms with Crippen molar-refractivity contribution in [3.63, 3.8) is 0 Å². The van der Waals surface area contributed by atoms with Gasteiger partial charge in [0.15, 0.2) is 5.96 Å². The molecule has 2 rings (SSSR count). The van der Waals surface area contributed by atoms with E-state index in [9.17, 15) is 8.78 Å². The molecule has 0 unspecified atom stereocenters. The van der Waals surface area contributed by atoms with E-state index in [1.165, 1.54) is 12.4 Å². The van der Waals surface area contributed by atoms with E-state index in [1.54, 1.807) is 30.9 Å². The normalized spacial score (nSPS) is 11.2. The third-order valence-corrected chi connectivity index (χ3v) is 3.32. The molecule has 0 radical (unpaired) electrons. The van der Waals surface area contributed by atoms with Crippen molar-refractivity contribution in [2.45, 2.75) is 26.6 Å². The number of halogens is 3. The third-order valence-electron chi connectivity index (χ3n) is 3.32. The monoisotopic (exact) mass is 466 g/mol. The molecule has 0 amide bonds. The van der Waals surface area contributed by atoms with Crippen molar-refractivity contribution in [3.8, 4) is 5.75 Å². The van der Waals surface area contributed by atoms with E-state index < -0.39 is 6.61 Å². The van der Waals surface area contributed by atoms with Crippen molar-refractivity contribution < 1.29 is 13.5 Å². The highest BCUT2D eigenvalue weighted by Gasteiger charge is 2.11. The number of nitrogens with zero attached hydrogens (tertiary/aromatic N) is 4. The highest BCUT2D eigenvalue weighted by molar-refractivity contribution is 14.0. The number of nitrogens with one attached hydrogen (secondary N) is 2. The lowest BCUT2D eigenvalue weighted by atomic mass is 10.1. The Morgan fingerprint density at radius 2 is 2.04 bits per heavy atom. The topological polar surface area (TPSA) is 76.4 Å². The third kappa shape index (κ3) is 6.44. The van der Waals surface area contributed by atoms with Crippen LogP contribution < -0.4 is 15.4 Å². The smallest absolute Gasteiger partial charge is 0.387 e. The summed E-state index contributed by atoms with van der Waals surface area (Å²) in [6.07, 6.45) is 1.47. The zero-order chi connectivity index (χ0) is 17.5. The van der Waals surface area contributed by atoms with Gasteiger partial charge in [-0.2, -0.15) is 13.9 Å². The Kier molecular flexibility index (Phi) is 8.52. The largest absolute Gasteiger partial charge is 0.434 e. The van der Waals surface area contributed by atoms with Gasteiger partial charge >= 0.3 is 6.61 Å². The second-order valence-electron chi connectivity index (χ2n) is 5.07. The van der Waals surface area contributed by atoms with Crippen LogP contribution in [-0.2, 0) is 20.1 Å². The Morgan fingerprint density at radius 3 is 2.64 bits per heavy atom. The zero-order valence-electron chi connectivity index (χ0n) is 14.2. The van der Waals surface area contributed by atoms with Gasteiger partial charge in [0.2, 0.25) is 0 Å². The number of alkyl halides is 2. The summed E-state index contributed by atoms with van der Waals surface area (Å²) in [6.45, 7) is -0.247. The number of hydrogen-bond donors (Lipinski definition) is 2. The van der Waals surface area contributed by atoms with Crippen LogP contribution >= 0.6 is 24.0 Å². The molecular weight excluding hydrogens is 445 g/mol. The molecule has 0 atom stereocenters. The molecular formula is C15H21F2IN6O. The second kappa shape index (κ2) is 10.1. The van der Waals surface area contributed by atoms with Crippen LogP contribution in [-0.4, -0.2) is 34.4 Å². The van der Waals surface area contributed by atoms with Gasteiger partial charge in [0, 0.05) is 26.2 Å². The molecule has 7 nitrogen and oxygen atoms in total. The molecule has 10 heteroatoms. The van der Waals surface area contributed by atoms with E-state index in [4.69, 9.17) is 0 Å². The fourth-order valence-electron chi connectivity index (χ4n) is 2.10. The predicted molar refractivity (Wildman–Crippen MR) is 101 cm³/mol. The summed E-state index contributed by atoms with van der Waals surface area (Å²) in [7, 11) is 3.42. The lowest BCUT2D eigenvalue weighted by Gasteiger charge is -2.15. The van der Waals surface area contributed by atoms with Gasteiger partial charge < -0.3 is 15.4 Å². The Balaban J connectivity index is 0.00000312. The van der Waals surface area contributed by atoms with Crippen molar-refractivity contribution in [3.05, 3.63) is 41.5 Å². The van der Waals surface area contributed by atoms with Gasteiger partial charge in [0.25, 0.3) is 0 Å². The van der Waals surface area contributed by atoms with E-state index in [-0.39, 0.29) is 29.7 Å². The highest BCUT2D eigenvalue weighted by Crippen LogP contribution is 2.21. The maximum absolute atomic E-state index is 12.5. The van der Waals surface area contributed by atoms with Crippen LogP contribution in [0.3, 0.4) is 0 Å². The van der Waals surface area contributed by atoms with E-state index >= 15 is 0 Å². The van der Waals surface area contributed by atoms with Crippen molar-refractivity contribution in [2.24, 2.45) is 12.0 Å². The first-order valence-electron chi connectivity index (χ1n) is 7.31. The summed E-state index contributed by atoms with van der Waals surface area (Å²) >= 11 is 0. The Hall–Kier alpha value is -1.98. The van der Waals surface area contributed by atoms with Crippen LogP contribution in [0.25, 0.3) is 0 Å². The molecule has 1 aromatic heterocycles. The SMILES string of the molecule is CN=C(NCc1cc(C)ccc1OC(F)F)NCc1ncnn1C.I. The molecule has 2 N–H and O–H groups in total. The van der Waals surface area contributed by atoms with Gasteiger partial charge in [-0.1, -0.05) is 17.7 Å². The van der Waals surface area contributed by atoms with Crippen molar-refractivity contribution in [1.82, 2.24) is 25.4 Å². The van der Waals surface area contributed by atoms with Gasteiger partial charge in [-0.05, 0) is 13.0 Å². The molecule has 0 fully saturated rings. The summed E-state index contributed by atoms with van der Waals surface area (Å²) in [5.74, 6) is 1.41. The maximum atomic E-state index is 12.5. The van der Waals surface area contributed by atoms with Crippen LogP contribution in [0.2, 0.25) is 0 Å². The molecule has 25 heavy (non-hydrogen) atoms. The van der Waals surface area contributed by atoms with E-state index in [2.05, 4.69) is 30.4 Å². The number of aliphatic imine (C=N–C) groups is 1. The fraction of sp³-hybridized carbons (Fsp3) is 0.400. The lowest BCUT2D eigenvalue weighted by Crippen LogP contribution is -2.37. The molecule has 0 aliphatic rings. The maximum Gasteiger partial charge on any atom is 0.387 e. The summed E-state index contributed by atoms with van der Waals surface area (Å²) in [5, 5.41) is 10.1. The van der Waals surface area contributed by atoms with Crippen LogP contribution in [0, 0.1) is 6.92 Å². The summed E-state index contributed by atoms with van der Waals surface area (Å²) < 4.78 is 31.2. The van der Waals surface area contributed by atoms with Gasteiger partial charge in [-0.25, -0.2) is 4.98 Å². The second-order valence-corrected chi connectivity index (χ2v) is 5.07. The van der Waals surface area contributed by atoms with E-state index in [1.807, 2.05) is 6.92 Å². The van der Waals surface area contributed by atoms with E-state index in [0.29, 0.717) is 24.6 Å². The Bertz CT molecular complexity index is 707. The number of hydrogen-bond acceptors (Lipinski definition) is 4. The lowest BCUT2D eigenvalue weighted by molar-refractivity contribution is -0.0504. The van der Waals surface area contributed by atoms with Crippen molar-refractivity contribution >= 4 is 29.9 Å². The number of benzene rings is 1. The molecule has 0 saturated carbocycles. The zero-order valence-corrected chi connectivity index (χ0v) is 16.5. The van der Waals surface area contributed by atoms with Crippen molar-refractivity contribution in [2.75, 3.05) is 7.05 Å². The highest BCUT2D eigenvalue weighted by atomic mass is 127. The molecule has 0 aliphatic carbocycles. The minimum Gasteiger partial charge on any atom is -0.434 e. The number of guanidine groups is 1. The van der Waals surface area contributed by atoms with Crippen LogP contribution in [0.4, 0.5) is 8.78 Å². The molecule has 0 spiro atoms. The summed E-state index contributed by atoms with van der Waals surface area (Å²) in [4.78, 5) is 8.20. The van der Waals surface area contributed by atoms with Gasteiger partial charge in [0.05, 0.1) is 6.54 Å². The minimum absolute atomic E-state index is 0. The first-order chi connectivity index (χ1) is 11.5. The van der Waals surface area contributed by atoms with Gasteiger partial charge in [-0.3, -0.25) is 9.67 Å². The first kappa shape index (κ1) is 21.1. The number of ether oxygens (including phenoxy) is 1. The Labute approximate surface area is 161 Å². The molecule has 0 aliphatic heterocycles. The molecule has 2 aromatic rings. The van der Waals surface area contributed by atoms with E-state index in [0.717, 1.165) is 11.4 Å². The van der Waals surface area contributed by atoms with Gasteiger partial charge in [-0.15, -0.1) is 24.0 Å². The molecule has 0 bridgehead atoms. The molecule has 1 heterocycles. The first-order valence-corrected chi connectivity index (χ1v) is 7.31. The number of rotatable bonds is 6. The Morgan fingerprint density at radius 1 is 1.32 bits per heavy atom. The van der Waals surface area contributed by atoms with Crippen LogP contribution in [0.15, 0.2) is 29.5 Å². The minimum atomic E-state index is -2.86. The standard InChI is InChI=1S/C15H20F2N6O.HI/c1-10-4-5-12(24-14(16)17)11(6-10)7-19-15(18-2)20-8-13-21-9-22-23(13)3;/h4-6,9,14H,7-8H2,1-3H3,(H2,18,19,20);1H. The average Bonchev–Trinajstić information content (AvgIpc) is 2.94. The van der Waals surface area contributed by atoms with Gasteiger partial charge in [0.1, 0.15) is 17.9 Å². The molecule has 0 saturated heterocycles. The number of aromatic nitrogens is 3. The predicted octanol–water partition coefficient (Wildman–Crippen LogP) is 2.21. The summed E-state index contributed by atoms with van der Waals surface area (Å²) in [5.41, 5.74) is 1.58. The quantitative estimate of drug-likeness (QED) is 0.388. The average molecular weight is 466 g/mol. The molecule has 1 aromatic carbocycles. The van der Waals surface area contributed by atoms with Crippen molar-refractivity contribution in [1.29, 1.82) is 0 Å². The number of aryl methyl sites for hydroxylation is 2. The van der Waals surface area contributed by atoms with Crippen LogP contribution in [0.1, 0.15) is 17.0 Å². The summed E-state index contributed by atoms with van der Waals surface area (Å²) in [6, 6.07) is 5.05.